The highest BCUT2D eigenvalue weighted by molar-refractivity contribution is 5.42. The summed E-state index contributed by atoms with van der Waals surface area (Å²) in [5, 5.41) is 3.31. The van der Waals surface area contributed by atoms with Crippen LogP contribution < -0.4 is 14.8 Å². The molecule has 1 saturated carbocycles. The molecule has 2 rings (SSSR count). The molecular weight excluding hydrogens is 266 g/mol. The van der Waals surface area contributed by atoms with E-state index in [1.54, 1.807) is 14.2 Å². The molecule has 1 fully saturated rings. The van der Waals surface area contributed by atoms with E-state index in [4.69, 9.17) is 14.2 Å². The summed E-state index contributed by atoms with van der Waals surface area (Å²) in [6.07, 6.45) is 5.33. The summed E-state index contributed by atoms with van der Waals surface area (Å²) in [4.78, 5) is 0. The maximum Gasteiger partial charge on any atom is 0.123 e. The smallest absolute Gasteiger partial charge is 0.123 e. The van der Waals surface area contributed by atoms with Gasteiger partial charge in [-0.15, -0.1) is 0 Å². The SMILES string of the molecule is CNC(COCC1CCCC1)c1cc(OC)ccc1OC. The van der Waals surface area contributed by atoms with Crippen molar-refractivity contribution in [3.63, 3.8) is 0 Å². The van der Waals surface area contributed by atoms with Crippen molar-refractivity contribution >= 4 is 0 Å². The van der Waals surface area contributed by atoms with E-state index >= 15 is 0 Å². The molecule has 0 aromatic heterocycles. The molecule has 4 nitrogen and oxygen atoms in total. The van der Waals surface area contributed by atoms with Crippen molar-refractivity contribution in [2.75, 3.05) is 34.5 Å². The molecule has 1 aliphatic rings. The minimum Gasteiger partial charge on any atom is -0.497 e. The molecule has 0 spiro atoms. The van der Waals surface area contributed by atoms with Crippen LogP contribution in [0, 0.1) is 5.92 Å². The molecule has 1 N–H and O–H groups in total. The fourth-order valence-corrected chi connectivity index (χ4v) is 2.97. The first-order valence-electron chi connectivity index (χ1n) is 7.75. The highest BCUT2D eigenvalue weighted by Gasteiger charge is 2.18. The number of hydrogen-bond donors (Lipinski definition) is 1. The first-order valence-corrected chi connectivity index (χ1v) is 7.75. The Morgan fingerprint density at radius 2 is 1.95 bits per heavy atom. The Hall–Kier alpha value is -1.26. The zero-order chi connectivity index (χ0) is 15.1. The molecule has 1 atom stereocenters. The predicted molar refractivity (Wildman–Crippen MR) is 84.1 cm³/mol. The topological polar surface area (TPSA) is 39.7 Å². The summed E-state index contributed by atoms with van der Waals surface area (Å²) in [7, 11) is 5.32. The van der Waals surface area contributed by atoms with Crippen LogP contribution in [-0.2, 0) is 4.74 Å². The Morgan fingerprint density at radius 3 is 2.57 bits per heavy atom. The van der Waals surface area contributed by atoms with Gasteiger partial charge in [0.15, 0.2) is 0 Å². The molecule has 4 heteroatoms. The monoisotopic (exact) mass is 293 g/mol. The second-order valence-electron chi connectivity index (χ2n) is 5.64. The first-order chi connectivity index (χ1) is 10.3. The van der Waals surface area contributed by atoms with Crippen LogP contribution in [0.3, 0.4) is 0 Å². The van der Waals surface area contributed by atoms with Gasteiger partial charge < -0.3 is 19.5 Å². The molecule has 1 unspecified atom stereocenters. The van der Waals surface area contributed by atoms with E-state index < -0.39 is 0 Å². The molecule has 118 valence electrons. The van der Waals surface area contributed by atoms with Gasteiger partial charge in [0.2, 0.25) is 0 Å². The molecule has 1 aromatic rings. The van der Waals surface area contributed by atoms with Gasteiger partial charge in [-0.3, -0.25) is 0 Å². The van der Waals surface area contributed by atoms with Gasteiger partial charge in [-0.2, -0.15) is 0 Å². The summed E-state index contributed by atoms with van der Waals surface area (Å²) in [5.41, 5.74) is 1.07. The zero-order valence-corrected chi connectivity index (χ0v) is 13.4. The third-order valence-electron chi connectivity index (χ3n) is 4.27. The molecule has 0 radical (unpaired) electrons. The third kappa shape index (κ3) is 4.35. The minimum atomic E-state index is 0.108. The standard InChI is InChI=1S/C17H27NO3/c1-18-16(12-21-11-13-6-4-5-7-13)15-10-14(19-2)8-9-17(15)20-3/h8-10,13,16,18H,4-7,11-12H2,1-3H3. The Labute approximate surface area is 127 Å². The Bertz CT molecular complexity index is 430. The summed E-state index contributed by atoms with van der Waals surface area (Å²) in [5.74, 6) is 2.44. The average molecular weight is 293 g/mol. The van der Waals surface area contributed by atoms with Gasteiger partial charge in [0, 0.05) is 12.2 Å². The molecule has 21 heavy (non-hydrogen) atoms. The highest BCUT2D eigenvalue weighted by Crippen LogP contribution is 2.30. The second-order valence-corrected chi connectivity index (χ2v) is 5.64. The molecular formula is C17H27NO3. The third-order valence-corrected chi connectivity index (χ3v) is 4.27. The predicted octanol–water partition coefficient (Wildman–Crippen LogP) is 3.17. The van der Waals surface area contributed by atoms with E-state index in [0.717, 1.165) is 29.6 Å². The number of hydrogen-bond acceptors (Lipinski definition) is 4. The van der Waals surface area contributed by atoms with Crippen LogP contribution in [0.2, 0.25) is 0 Å². The number of likely N-dealkylation sites (N-methyl/N-ethyl adjacent to an activating group) is 1. The highest BCUT2D eigenvalue weighted by atomic mass is 16.5. The van der Waals surface area contributed by atoms with Crippen molar-refractivity contribution in [1.29, 1.82) is 0 Å². The van der Waals surface area contributed by atoms with Crippen molar-refractivity contribution in [3.05, 3.63) is 23.8 Å². The summed E-state index contributed by atoms with van der Waals surface area (Å²) in [6, 6.07) is 5.97. The van der Waals surface area contributed by atoms with Gasteiger partial charge in [0.25, 0.3) is 0 Å². The first kappa shape index (κ1) is 16.1. The van der Waals surface area contributed by atoms with Gasteiger partial charge in [-0.25, -0.2) is 0 Å². The Balaban J connectivity index is 1.98. The number of rotatable bonds is 8. The van der Waals surface area contributed by atoms with Crippen molar-refractivity contribution < 1.29 is 14.2 Å². The lowest BCUT2D eigenvalue weighted by atomic mass is 10.1. The quantitative estimate of drug-likeness (QED) is 0.799. The van der Waals surface area contributed by atoms with Crippen LogP contribution in [0.1, 0.15) is 37.3 Å². The molecule has 0 amide bonds. The maximum atomic E-state index is 5.94. The van der Waals surface area contributed by atoms with E-state index in [0.29, 0.717) is 6.61 Å². The maximum absolute atomic E-state index is 5.94. The lowest BCUT2D eigenvalue weighted by Crippen LogP contribution is -2.23. The van der Waals surface area contributed by atoms with Crippen LogP contribution >= 0.6 is 0 Å². The van der Waals surface area contributed by atoms with Gasteiger partial charge in [0.05, 0.1) is 26.9 Å². The summed E-state index contributed by atoms with van der Waals surface area (Å²) in [6.45, 7) is 1.51. The van der Waals surface area contributed by atoms with Crippen molar-refractivity contribution in [1.82, 2.24) is 5.32 Å². The summed E-state index contributed by atoms with van der Waals surface area (Å²) < 4.78 is 16.7. The molecule has 0 saturated heterocycles. The lowest BCUT2D eigenvalue weighted by molar-refractivity contribution is 0.0838. The Morgan fingerprint density at radius 1 is 1.19 bits per heavy atom. The zero-order valence-electron chi connectivity index (χ0n) is 13.4. The number of methoxy groups -OCH3 is 2. The molecule has 1 aromatic carbocycles. The fourth-order valence-electron chi connectivity index (χ4n) is 2.97. The minimum absolute atomic E-state index is 0.108. The normalized spacial score (nSPS) is 16.9. The van der Waals surface area contributed by atoms with E-state index in [2.05, 4.69) is 5.32 Å². The van der Waals surface area contributed by atoms with Crippen molar-refractivity contribution in [2.24, 2.45) is 5.92 Å². The van der Waals surface area contributed by atoms with E-state index in [1.807, 2.05) is 25.2 Å². The van der Waals surface area contributed by atoms with Crippen LogP contribution in [0.15, 0.2) is 18.2 Å². The van der Waals surface area contributed by atoms with E-state index in [9.17, 15) is 0 Å². The average Bonchev–Trinajstić information content (AvgIpc) is 3.04. The van der Waals surface area contributed by atoms with Crippen LogP contribution in [0.4, 0.5) is 0 Å². The van der Waals surface area contributed by atoms with Crippen molar-refractivity contribution in [3.8, 4) is 11.5 Å². The summed E-state index contributed by atoms with van der Waals surface area (Å²) >= 11 is 0. The van der Waals surface area contributed by atoms with Crippen LogP contribution in [0.5, 0.6) is 11.5 Å². The second kappa shape index (κ2) is 8.25. The number of ether oxygens (including phenoxy) is 3. The van der Waals surface area contributed by atoms with Crippen LogP contribution in [0.25, 0.3) is 0 Å². The molecule has 0 heterocycles. The molecule has 0 bridgehead atoms. The molecule has 1 aliphatic carbocycles. The number of nitrogens with one attached hydrogen (secondary N) is 1. The van der Waals surface area contributed by atoms with Gasteiger partial charge >= 0.3 is 0 Å². The lowest BCUT2D eigenvalue weighted by Gasteiger charge is -2.21. The molecule has 0 aliphatic heterocycles. The van der Waals surface area contributed by atoms with Crippen molar-refractivity contribution in [2.45, 2.75) is 31.7 Å². The van der Waals surface area contributed by atoms with E-state index in [1.165, 1.54) is 25.7 Å². The fraction of sp³-hybridized carbons (Fsp3) is 0.647. The van der Waals surface area contributed by atoms with Gasteiger partial charge in [-0.05, 0) is 44.0 Å². The Kier molecular flexibility index (Phi) is 6.33. The number of benzene rings is 1. The largest absolute Gasteiger partial charge is 0.497 e. The van der Waals surface area contributed by atoms with Crippen LogP contribution in [-0.4, -0.2) is 34.5 Å². The van der Waals surface area contributed by atoms with Gasteiger partial charge in [0.1, 0.15) is 11.5 Å². The van der Waals surface area contributed by atoms with Gasteiger partial charge in [-0.1, -0.05) is 12.8 Å². The van der Waals surface area contributed by atoms with E-state index in [-0.39, 0.29) is 6.04 Å².